The molecule has 1 heterocycles. The van der Waals surface area contributed by atoms with Gasteiger partial charge in [-0.1, -0.05) is 29.8 Å². The van der Waals surface area contributed by atoms with Crippen molar-refractivity contribution in [2.45, 2.75) is 25.0 Å². The van der Waals surface area contributed by atoms with Crippen molar-refractivity contribution in [2.24, 2.45) is 0 Å². The minimum Gasteiger partial charge on any atom is -0.466 e. The maximum absolute atomic E-state index is 14.7. The number of thioether (sulfide) groups is 1. The molecule has 0 amide bonds. The number of hydrogen-bond donors (Lipinski definition) is 1. The molecule has 3 nitrogen and oxygen atoms in total. The number of ether oxygens (including phenoxy) is 1. The lowest BCUT2D eigenvalue weighted by atomic mass is 9.87. The average molecular weight is 424 g/mol. The maximum atomic E-state index is 14.7. The molecule has 1 unspecified atom stereocenters. The number of rotatable bonds is 7. The van der Waals surface area contributed by atoms with Crippen molar-refractivity contribution in [1.82, 2.24) is 4.98 Å². The summed E-state index contributed by atoms with van der Waals surface area (Å²) in [5.41, 5.74) is 2.44. The van der Waals surface area contributed by atoms with Gasteiger partial charge in [0.25, 0.3) is 0 Å². The van der Waals surface area contributed by atoms with Gasteiger partial charge in [-0.05, 0) is 36.4 Å². The van der Waals surface area contributed by atoms with E-state index in [1.807, 2.05) is 24.5 Å². The second-order valence-electron chi connectivity index (χ2n) is 6.36. The summed E-state index contributed by atoms with van der Waals surface area (Å²) in [5.74, 6) is -2.13. The molecule has 0 radical (unpaired) electrons. The summed E-state index contributed by atoms with van der Waals surface area (Å²) < 4.78 is 34.4. The number of carbonyl (C=O) groups excluding carboxylic acids is 1. The smallest absolute Gasteiger partial charge is 0.306 e. The molecule has 0 saturated heterocycles. The van der Waals surface area contributed by atoms with Crippen molar-refractivity contribution in [2.75, 3.05) is 12.9 Å². The summed E-state index contributed by atoms with van der Waals surface area (Å²) in [6, 6.07) is 7.91. The quantitative estimate of drug-likeness (QED) is 0.470. The lowest BCUT2D eigenvalue weighted by molar-refractivity contribution is -0.143. The number of esters is 1. The first-order valence-electron chi connectivity index (χ1n) is 8.84. The minimum absolute atomic E-state index is 0.0326. The van der Waals surface area contributed by atoms with Gasteiger partial charge >= 0.3 is 5.97 Å². The summed E-state index contributed by atoms with van der Waals surface area (Å²) in [7, 11) is 0. The van der Waals surface area contributed by atoms with Crippen LogP contribution in [-0.4, -0.2) is 23.8 Å². The van der Waals surface area contributed by atoms with Gasteiger partial charge in [-0.3, -0.25) is 4.79 Å². The van der Waals surface area contributed by atoms with Crippen LogP contribution in [0.5, 0.6) is 0 Å². The van der Waals surface area contributed by atoms with Gasteiger partial charge in [0.2, 0.25) is 0 Å². The number of benzene rings is 2. The van der Waals surface area contributed by atoms with Crippen LogP contribution in [0.1, 0.15) is 36.0 Å². The van der Waals surface area contributed by atoms with E-state index in [0.29, 0.717) is 5.56 Å². The first-order valence-corrected chi connectivity index (χ1v) is 10.6. The molecule has 148 valence electrons. The van der Waals surface area contributed by atoms with Crippen LogP contribution in [0.15, 0.2) is 36.5 Å². The Kier molecular flexibility index (Phi) is 6.62. The van der Waals surface area contributed by atoms with E-state index in [1.165, 1.54) is 0 Å². The number of aromatic amines is 1. The predicted octanol–water partition coefficient (Wildman–Crippen LogP) is 6.05. The second kappa shape index (κ2) is 8.97. The molecule has 28 heavy (non-hydrogen) atoms. The zero-order valence-electron chi connectivity index (χ0n) is 15.5. The van der Waals surface area contributed by atoms with E-state index in [1.54, 1.807) is 24.9 Å². The summed E-state index contributed by atoms with van der Waals surface area (Å²) >= 11 is 7.46. The summed E-state index contributed by atoms with van der Waals surface area (Å²) in [6.07, 6.45) is 3.54. The third-order valence-corrected chi connectivity index (χ3v) is 5.40. The highest BCUT2D eigenvalue weighted by Gasteiger charge is 2.28. The van der Waals surface area contributed by atoms with Crippen molar-refractivity contribution in [1.29, 1.82) is 0 Å². The molecule has 2 aromatic carbocycles. The van der Waals surface area contributed by atoms with Gasteiger partial charge < -0.3 is 9.72 Å². The second-order valence-corrected chi connectivity index (χ2v) is 7.66. The minimum atomic E-state index is -0.838. The molecule has 0 aliphatic carbocycles. The fourth-order valence-electron chi connectivity index (χ4n) is 3.44. The molecule has 1 aromatic heterocycles. The van der Waals surface area contributed by atoms with Crippen molar-refractivity contribution in [3.05, 3.63) is 69.9 Å². The molecule has 3 rings (SSSR count). The molecule has 3 aromatic rings. The number of aromatic nitrogens is 1. The van der Waals surface area contributed by atoms with E-state index in [4.69, 9.17) is 16.3 Å². The van der Waals surface area contributed by atoms with Crippen LogP contribution in [0.4, 0.5) is 8.78 Å². The molecular weight excluding hydrogens is 404 g/mol. The van der Waals surface area contributed by atoms with Crippen molar-refractivity contribution in [3.63, 3.8) is 0 Å². The number of nitrogens with one attached hydrogen (secondary N) is 1. The average Bonchev–Trinajstić information content (AvgIpc) is 3.05. The number of carbonyl (C=O) groups is 1. The van der Waals surface area contributed by atoms with Crippen LogP contribution < -0.4 is 0 Å². The Balaban J connectivity index is 2.17. The van der Waals surface area contributed by atoms with Gasteiger partial charge in [-0.25, -0.2) is 8.78 Å². The van der Waals surface area contributed by atoms with Crippen molar-refractivity contribution < 1.29 is 18.3 Å². The van der Waals surface area contributed by atoms with Crippen LogP contribution in [0.3, 0.4) is 0 Å². The van der Waals surface area contributed by atoms with E-state index in [-0.39, 0.29) is 23.6 Å². The zero-order valence-corrected chi connectivity index (χ0v) is 17.1. The number of H-pyrrole nitrogens is 1. The Labute approximate surface area is 171 Å². The highest BCUT2D eigenvalue weighted by Crippen LogP contribution is 2.38. The molecule has 1 N–H and O–H groups in total. The van der Waals surface area contributed by atoms with Gasteiger partial charge in [-0.2, -0.15) is 11.8 Å². The number of halogens is 3. The van der Waals surface area contributed by atoms with Gasteiger partial charge in [0, 0.05) is 39.4 Å². The summed E-state index contributed by atoms with van der Waals surface area (Å²) in [5, 5.41) is 0.796. The van der Waals surface area contributed by atoms with Crippen LogP contribution in [0.2, 0.25) is 5.02 Å². The molecule has 0 aliphatic heterocycles. The predicted molar refractivity (Wildman–Crippen MR) is 110 cm³/mol. The molecule has 0 aliphatic rings. The van der Waals surface area contributed by atoms with Crippen molar-refractivity contribution in [3.8, 4) is 0 Å². The largest absolute Gasteiger partial charge is 0.466 e. The van der Waals surface area contributed by atoms with Crippen LogP contribution in [-0.2, 0) is 15.3 Å². The van der Waals surface area contributed by atoms with Crippen LogP contribution in [0, 0.1) is 11.6 Å². The zero-order chi connectivity index (χ0) is 20.3. The lowest BCUT2D eigenvalue weighted by Crippen LogP contribution is -2.14. The first kappa shape index (κ1) is 20.7. The van der Waals surface area contributed by atoms with Gasteiger partial charge in [0.15, 0.2) is 0 Å². The van der Waals surface area contributed by atoms with E-state index in [0.717, 1.165) is 34.4 Å². The topological polar surface area (TPSA) is 42.1 Å². The Morgan fingerprint density at radius 3 is 2.64 bits per heavy atom. The Morgan fingerprint density at radius 1 is 1.29 bits per heavy atom. The van der Waals surface area contributed by atoms with E-state index in [9.17, 15) is 13.6 Å². The molecule has 0 spiro atoms. The van der Waals surface area contributed by atoms with E-state index < -0.39 is 23.5 Å². The van der Waals surface area contributed by atoms with E-state index in [2.05, 4.69) is 4.98 Å². The van der Waals surface area contributed by atoms with Crippen LogP contribution >= 0.6 is 23.4 Å². The maximum Gasteiger partial charge on any atom is 0.306 e. The molecule has 7 heteroatoms. The number of hydrogen-bond acceptors (Lipinski definition) is 3. The van der Waals surface area contributed by atoms with Crippen molar-refractivity contribution >= 4 is 40.2 Å². The van der Waals surface area contributed by atoms with Gasteiger partial charge in [-0.15, -0.1) is 0 Å². The lowest BCUT2D eigenvalue weighted by Gasteiger charge is -2.18. The highest BCUT2D eigenvalue weighted by molar-refractivity contribution is 7.97. The molecule has 0 fully saturated rings. The summed E-state index contributed by atoms with van der Waals surface area (Å²) in [6.45, 7) is 1.89. The Hall–Kier alpha value is -2.05. The SMILES string of the molecule is CCOC(=O)CC(c1c(F)cc(Cl)cc1F)c1c[nH]c2c(CSC)cccc12. The van der Waals surface area contributed by atoms with Crippen LogP contribution in [0.25, 0.3) is 10.9 Å². The fourth-order valence-corrected chi connectivity index (χ4v) is 4.19. The Bertz CT molecular complexity index is 982. The van der Waals surface area contributed by atoms with Gasteiger partial charge in [0.1, 0.15) is 11.6 Å². The fraction of sp³-hybridized carbons (Fsp3) is 0.286. The number of fused-ring (bicyclic) bond motifs is 1. The molecule has 1 atom stereocenters. The number of para-hydroxylation sites is 1. The normalized spacial score (nSPS) is 12.3. The summed E-state index contributed by atoms with van der Waals surface area (Å²) in [4.78, 5) is 15.4. The monoisotopic (exact) mass is 423 g/mol. The third-order valence-electron chi connectivity index (χ3n) is 4.58. The highest BCUT2D eigenvalue weighted by atomic mass is 35.5. The molecular formula is C21H20ClF2NO2S. The Morgan fingerprint density at radius 2 is 2.00 bits per heavy atom. The van der Waals surface area contributed by atoms with E-state index >= 15 is 0 Å². The van der Waals surface area contributed by atoms with Gasteiger partial charge in [0.05, 0.1) is 13.0 Å². The standard InChI is InChI=1S/C21H20ClF2NO2S/c1-3-27-19(26)9-15(20-17(23)7-13(22)8-18(20)24)16-10-25-21-12(11-28-2)5-4-6-14(16)21/h4-8,10,15,25H,3,9,11H2,1-2H3. The molecule has 0 bridgehead atoms. The first-order chi connectivity index (χ1) is 13.5. The third kappa shape index (κ3) is 4.18. The molecule has 0 saturated carbocycles.